The molecule has 0 bridgehead atoms. The molecule has 0 aliphatic heterocycles. The highest BCUT2D eigenvalue weighted by molar-refractivity contribution is 14.1. The number of nitrogens with two attached hydrogens (primary N) is 1. The smallest absolute Gasteiger partial charge is 0.278 e. The van der Waals surface area contributed by atoms with Crippen molar-refractivity contribution in [1.29, 1.82) is 0 Å². The Morgan fingerprint density at radius 2 is 2.32 bits per heavy atom. The highest BCUT2D eigenvalue weighted by atomic mass is 127. The largest absolute Gasteiger partial charge is 0.395 e. The van der Waals surface area contributed by atoms with Crippen molar-refractivity contribution < 1.29 is 9.18 Å². The molecule has 1 aromatic heterocycles. The first-order chi connectivity index (χ1) is 9.02. The SMILES string of the molecule is CCc1[nH]nc(C(=O)Nc2ccc(F)cc2I)c1N. The van der Waals surface area contributed by atoms with Crippen molar-refractivity contribution >= 4 is 39.9 Å². The van der Waals surface area contributed by atoms with Crippen molar-refractivity contribution in [2.24, 2.45) is 0 Å². The van der Waals surface area contributed by atoms with Gasteiger partial charge in [-0.25, -0.2) is 4.39 Å². The number of carbonyl (C=O) groups excluding carboxylic acids is 1. The van der Waals surface area contributed by atoms with E-state index in [1.54, 1.807) is 0 Å². The normalized spacial score (nSPS) is 10.5. The number of anilines is 2. The van der Waals surface area contributed by atoms with Crippen molar-refractivity contribution in [3.63, 3.8) is 0 Å². The van der Waals surface area contributed by atoms with Crippen LogP contribution in [0.25, 0.3) is 0 Å². The zero-order chi connectivity index (χ0) is 14.0. The third-order valence-electron chi connectivity index (χ3n) is 2.63. The third kappa shape index (κ3) is 2.86. The van der Waals surface area contributed by atoms with Crippen LogP contribution in [-0.2, 0) is 6.42 Å². The number of aromatic nitrogens is 2. The van der Waals surface area contributed by atoms with E-state index >= 15 is 0 Å². The fourth-order valence-electron chi connectivity index (χ4n) is 1.60. The molecule has 0 aliphatic rings. The lowest BCUT2D eigenvalue weighted by atomic mass is 10.2. The van der Waals surface area contributed by atoms with Crippen LogP contribution in [0.15, 0.2) is 18.2 Å². The summed E-state index contributed by atoms with van der Waals surface area (Å²) in [4.78, 5) is 12.0. The summed E-state index contributed by atoms with van der Waals surface area (Å²) in [6.45, 7) is 1.91. The number of carbonyl (C=O) groups is 1. The second kappa shape index (κ2) is 5.55. The Kier molecular flexibility index (Phi) is 4.03. The molecule has 2 rings (SSSR count). The molecule has 0 aliphatic carbocycles. The molecular weight excluding hydrogens is 362 g/mol. The quantitative estimate of drug-likeness (QED) is 0.722. The number of H-pyrrole nitrogens is 1. The van der Waals surface area contributed by atoms with Crippen LogP contribution in [0.2, 0.25) is 0 Å². The molecule has 1 amide bonds. The molecule has 5 nitrogen and oxygen atoms in total. The van der Waals surface area contributed by atoms with Gasteiger partial charge >= 0.3 is 0 Å². The molecule has 4 N–H and O–H groups in total. The third-order valence-corrected chi connectivity index (χ3v) is 3.52. The topological polar surface area (TPSA) is 83.8 Å². The van der Waals surface area contributed by atoms with E-state index in [9.17, 15) is 9.18 Å². The number of halogens is 2. The van der Waals surface area contributed by atoms with E-state index in [4.69, 9.17) is 5.73 Å². The van der Waals surface area contributed by atoms with Crippen LogP contribution in [0.4, 0.5) is 15.8 Å². The Morgan fingerprint density at radius 3 is 2.89 bits per heavy atom. The fourth-order valence-corrected chi connectivity index (χ4v) is 2.21. The van der Waals surface area contributed by atoms with Gasteiger partial charge in [0.25, 0.3) is 5.91 Å². The maximum atomic E-state index is 13.0. The zero-order valence-electron chi connectivity index (χ0n) is 10.1. The van der Waals surface area contributed by atoms with Crippen LogP contribution in [0.1, 0.15) is 23.1 Å². The van der Waals surface area contributed by atoms with E-state index in [1.165, 1.54) is 18.2 Å². The minimum absolute atomic E-state index is 0.150. The van der Waals surface area contributed by atoms with E-state index in [1.807, 2.05) is 29.5 Å². The van der Waals surface area contributed by atoms with Crippen LogP contribution in [0.5, 0.6) is 0 Å². The van der Waals surface area contributed by atoms with Gasteiger partial charge < -0.3 is 11.1 Å². The maximum absolute atomic E-state index is 13.0. The van der Waals surface area contributed by atoms with Gasteiger partial charge in [0.1, 0.15) is 5.82 Å². The number of benzene rings is 1. The van der Waals surface area contributed by atoms with Gasteiger partial charge in [-0.2, -0.15) is 5.10 Å². The Hall–Kier alpha value is -1.64. The summed E-state index contributed by atoms with van der Waals surface area (Å²) >= 11 is 1.95. The maximum Gasteiger partial charge on any atom is 0.278 e. The van der Waals surface area contributed by atoms with E-state index in [0.717, 1.165) is 5.69 Å². The lowest BCUT2D eigenvalue weighted by Crippen LogP contribution is -2.15. The number of aryl methyl sites for hydroxylation is 1. The van der Waals surface area contributed by atoms with Gasteiger partial charge in [0.2, 0.25) is 0 Å². The highest BCUT2D eigenvalue weighted by Crippen LogP contribution is 2.21. The van der Waals surface area contributed by atoms with Gasteiger partial charge in [-0.1, -0.05) is 6.92 Å². The predicted octanol–water partition coefficient (Wildman–Crippen LogP) is 2.55. The summed E-state index contributed by atoms with van der Waals surface area (Å²) < 4.78 is 13.6. The average Bonchev–Trinajstić information content (AvgIpc) is 2.74. The summed E-state index contributed by atoms with van der Waals surface area (Å²) in [5, 5.41) is 9.26. The second-order valence-electron chi connectivity index (χ2n) is 3.90. The van der Waals surface area contributed by atoms with Crippen molar-refractivity contribution in [2.75, 3.05) is 11.1 Å². The summed E-state index contributed by atoms with van der Waals surface area (Å²) in [5.41, 5.74) is 7.55. The molecule has 0 spiro atoms. The molecule has 0 saturated carbocycles. The first-order valence-electron chi connectivity index (χ1n) is 5.62. The molecule has 1 aromatic carbocycles. The Morgan fingerprint density at radius 1 is 1.58 bits per heavy atom. The van der Waals surface area contributed by atoms with Gasteiger partial charge in [-0.15, -0.1) is 0 Å². The molecule has 7 heteroatoms. The minimum Gasteiger partial charge on any atom is -0.395 e. The number of rotatable bonds is 3. The molecule has 0 fully saturated rings. The Bertz CT molecular complexity index is 626. The van der Waals surface area contributed by atoms with E-state index < -0.39 is 5.91 Å². The molecule has 2 aromatic rings. The van der Waals surface area contributed by atoms with E-state index in [2.05, 4.69) is 15.5 Å². The van der Waals surface area contributed by atoms with Gasteiger partial charge in [-0.05, 0) is 47.2 Å². The molecule has 0 unspecified atom stereocenters. The van der Waals surface area contributed by atoms with Gasteiger partial charge in [0, 0.05) is 3.57 Å². The van der Waals surface area contributed by atoms with Gasteiger partial charge in [0.05, 0.1) is 17.1 Å². The monoisotopic (exact) mass is 374 g/mol. The average molecular weight is 374 g/mol. The van der Waals surface area contributed by atoms with E-state index in [0.29, 0.717) is 21.4 Å². The molecular formula is C12H12FIN4O. The van der Waals surface area contributed by atoms with Crippen molar-refractivity contribution in [2.45, 2.75) is 13.3 Å². The molecule has 0 atom stereocenters. The van der Waals surface area contributed by atoms with Crippen LogP contribution >= 0.6 is 22.6 Å². The number of nitrogens with one attached hydrogen (secondary N) is 2. The zero-order valence-corrected chi connectivity index (χ0v) is 12.3. The molecule has 100 valence electrons. The lowest BCUT2D eigenvalue weighted by Gasteiger charge is -2.06. The molecule has 0 radical (unpaired) electrons. The van der Waals surface area contributed by atoms with Gasteiger partial charge in [0.15, 0.2) is 5.69 Å². The van der Waals surface area contributed by atoms with Crippen molar-refractivity contribution in [1.82, 2.24) is 10.2 Å². The molecule has 19 heavy (non-hydrogen) atoms. The number of nitrogen functional groups attached to an aromatic ring is 1. The number of nitrogens with zero attached hydrogens (tertiary/aromatic N) is 1. The molecule has 0 saturated heterocycles. The van der Waals surface area contributed by atoms with E-state index in [-0.39, 0.29) is 11.5 Å². The highest BCUT2D eigenvalue weighted by Gasteiger charge is 2.17. The predicted molar refractivity (Wildman–Crippen MR) is 79.4 cm³/mol. The summed E-state index contributed by atoms with van der Waals surface area (Å²) in [5.74, 6) is -0.770. The van der Waals surface area contributed by atoms with Gasteiger partial charge in [-0.3, -0.25) is 9.89 Å². The number of amides is 1. The Labute approximate surface area is 122 Å². The number of hydrogen-bond donors (Lipinski definition) is 3. The van der Waals surface area contributed by atoms with Crippen LogP contribution in [0, 0.1) is 9.39 Å². The second-order valence-corrected chi connectivity index (χ2v) is 5.06. The minimum atomic E-state index is -0.419. The molecule has 1 heterocycles. The van der Waals surface area contributed by atoms with Crippen molar-refractivity contribution in [3.8, 4) is 0 Å². The first-order valence-corrected chi connectivity index (χ1v) is 6.70. The summed E-state index contributed by atoms with van der Waals surface area (Å²) in [6.07, 6.45) is 0.667. The lowest BCUT2D eigenvalue weighted by molar-refractivity contribution is 0.102. The van der Waals surface area contributed by atoms with Crippen LogP contribution in [0.3, 0.4) is 0 Å². The fraction of sp³-hybridized carbons (Fsp3) is 0.167. The van der Waals surface area contributed by atoms with Crippen LogP contribution < -0.4 is 11.1 Å². The number of hydrogen-bond acceptors (Lipinski definition) is 3. The standard InChI is InChI=1S/C12H12FIN4O/c1-2-8-10(15)11(18-17-8)12(19)16-9-4-3-6(13)5-7(9)14/h3-5H,2,15H2,1H3,(H,16,19)(H,17,18). The van der Waals surface area contributed by atoms with Crippen LogP contribution in [-0.4, -0.2) is 16.1 Å². The first kappa shape index (κ1) is 13.8. The summed E-state index contributed by atoms with van der Waals surface area (Å²) in [7, 11) is 0. The summed E-state index contributed by atoms with van der Waals surface area (Å²) in [6, 6.07) is 4.11. The number of aromatic amines is 1. The Balaban J connectivity index is 2.23. The van der Waals surface area contributed by atoms with Crippen molar-refractivity contribution in [3.05, 3.63) is 39.0 Å².